The number of allylic oxidation sites excluding steroid dienone is 9. The van der Waals surface area contributed by atoms with Crippen molar-refractivity contribution in [3.05, 3.63) is 60.8 Å². The Kier molecular flexibility index (Phi) is 48.8. The molecule has 0 fully saturated rings. The molecule has 3 atom stereocenters. The molecule has 0 aliphatic carbocycles. The van der Waals surface area contributed by atoms with Gasteiger partial charge < -0.3 is 19.8 Å². The number of carbonyl (C=O) groups excluding carboxylic acids is 1. The first kappa shape index (κ1) is 66.2. The minimum atomic E-state index is -4.36. The summed E-state index contributed by atoms with van der Waals surface area (Å²) in [6.07, 6.45) is 67.5. The summed E-state index contributed by atoms with van der Waals surface area (Å²) < 4.78 is 23.7. The van der Waals surface area contributed by atoms with Crippen LogP contribution in [0.25, 0.3) is 0 Å². The summed E-state index contributed by atoms with van der Waals surface area (Å²) in [5, 5.41) is 13.9. The molecule has 0 aromatic carbocycles. The second-order valence-electron chi connectivity index (χ2n) is 20.7. The molecule has 0 heterocycles. The van der Waals surface area contributed by atoms with Crippen LogP contribution in [0.1, 0.15) is 258 Å². The third-order valence-electron chi connectivity index (χ3n) is 12.7. The van der Waals surface area contributed by atoms with Gasteiger partial charge in [-0.2, -0.15) is 0 Å². The molecule has 0 aliphatic heterocycles. The summed E-state index contributed by atoms with van der Waals surface area (Å²) in [5.74, 6) is -0.199. The van der Waals surface area contributed by atoms with Crippen molar-refractivity contribution < 1.29 is 32.9 Å². The number of aliphatic hydroxyl groups is 1. The number of likely N-dealkylation sites (N-methyl/N-ethyl adjacent to an activating group) is 1. The van der Waals surface area contributed by atoms with Gasteiger partial charge in [-0.3, -0.25) is 13.8 Å². The zero-order valence-electron chi connectivity index (χ0n) is 45.3. The first-order valence-electron chi connectivity index (χ1n) is 28.7. The van der Waals surface area contributed by atoms with Crippen LogP contribution in [-0.2, 0) is 18.4 Å². The minimum Gasteiger partial charge on any atom is -0.387 e. The van der Waals surface area contributed by atoms with Gasteiger partial charge in [0.15, 0.2) is 0 Å². The van der Waals surface area contributed by atoms with Crippen LogP contribution in [0.5, 0.6) is 0 Å². The predicted octanol–water partition coefficient (Wildman–Crippen LogP) is 17.3. The number of quaternary nitrogens is 1. The lowest BCUT2D eigenvalue weighted by Gasteiger charge is -2.25. The van der Waals surface area contributed by atoms with E-state index in [2.05, 4.69) is 67.8 Å². The quantitative estimate of drug-likeness (QED) is 0.0243. The van der Waals surface area contributed by atoms with Gasteiger partial charge in [0, 0.05) is 6.42 Å². The topological polar surface area (TPSA) is 105 Å². The summed E-state index contributed by atoms with van der Waals surface area (Å²) in [4.78, 5) is 23.3. The number of hydrogen-bond acceptors (Lipinski definition) is 5. The second-order valence-corrected chi connectivity index (χ2v) is 22.1. The van der Waals surface area contributed by atoms with E-state index in [1.165, 1.54) is 173 Å². The van der Waals surface area contributed by atoms with Crippen LogP contribution >= 0.6 is 7.82 Å². The smallest absolute Gasteiger partial charge is 0.387 e. The molecular weight excluding hydrogens is 864 g/mol. The van der Waals surface area contributed by atoms with Crippen LogP contribution in [0.4, 0.5) is 0 Å². The highest BCUT2D eigenvalue weighted by molar-refractivity contribution is 7.47. The van der Waals surface area contributed by atoms with Gasteiger partial charge in [0.2, 0.25) is 5.91 Å². The summed E-state index contributed by atoms with van der Waals surface area (Å²) in [5.41, 5.74) is 0. The molecule has 0 aliphatic rings. The number of nitrogens with one attached hydrogen (secondary N) is 1. The number of aliphatic hydroxyl groups excluding tert-OH is 1. The number of nitrogens with zero attached hydrogens (tertiary/aromatic N) is 1. The van der Waals surface area contributed by atoms with Gasteiger partial charge in [-0.25, -0.2) is 4.57 Å². The van der Waals surface area contributed by atoms with Gasteiger partial charge >= 0.3 is 7.82 Å². The van der Waals surface area contributed by atoms with Crippen LogP contribution in [0, 0.1) is 0 Å². The van der Waals surface area contributed by atoms with Crippen molar-refractivity contribution in [1.82, 2.24) is 5.32 Å². The van der Waals surface area contributed by atoms with Crippen molar-refractivity contribution in [1.29, 1.82) is 0 Å². The Morgan fingerprint density at radius 3 is 1.31 bits per heavy atom. The highest BCUT2D eigenvalue weighted by Gasteiger charge is 2.27. The Morgan fingerprint density at radius 1 is 0.500 bits per heavy atom. The number of amides is 1. The number of hydrogen-bond donors (Lipinski definition) is 3. The van der Waals surface area contributed by atoms with Crippen LogP contribution in [-0.4, -0.2) is 73.4 Å². The fourth-order valence-corrected chi connectivity index (χ4v) is 8.92. The number of phosphoric ester groups is 1. The molecule has 0 rings (SSSR count). The van der Waals surface area contributed by atoms with E-state index in [0.29, 0.717) is 17.4 Å². The molecule has 398 valence electrons. The summed E-state index contributed by atoms with van der Waals surface area (Å²) in [7, 11) is 1.54. The monoisotopic (exact) mass is 976 g/mol. The normalized spacial score (nSPS) is 14.4. The van der Waals surface area contributed by atoms with E-state index in [1.807, 2.05) is 27.2 Å². The van der Waals surface area contributed by atoms with Crippen molar-refractivity contribution in [2.24, 2.45) is 0 Å². The molecule has 1 amide bonds. The number of rotatable bonds is 52. The van der Waals surface area contributed by atoms with E-state index in [-0.39, 0.29) is 19.1 Å². The molecule has 9 heteroatoms. The van der Waals surface area contributed by atoms with Crippen molar-refractivity contribution in [3.63, 3.8) is 0 Å². The van der Waals surface area contributed by atoms with Gasteiger partial charge in [0.05, 0.1) is 39.9 Å². The third kappa shape index (κ3) is 52.0. The summed E-state index contributed by atoms with van der Waals surface area (Å²) >= 11 is 0. The van der Waals surface area contributed by atoms with E-state index in [9.17, 15) is 19.4 Å². The fourth-order valence-electron chi connectivity index (χ4n) is 8.18. The molecule has 0 saturated carbocycles. The maximum atomic E-state index is 13.0. The Morgan fingerprint density at radius 2 is 0.853 bits per heavy atom. The van der Waals surface area contributed by atoms with Crippen molar-refractivity contribution in [2.75, 3.05) is 40.9 Å². The highest BCUT2D eigenvalue weighted by atomic mass is 31.2. The zero-order chi connectivity index (χ0) is 49.9. The molecule has 0 aromatic heterocycles. The molecule has 3 N–H and O–H groups in total. The van der Waals surface area contributed by atoms with Gasteiger partial charge in [0.25, 0.3) is 0 Å². The second kappa shape index (κ2) is 50.2. The van der Waals surface area contributed by atoms with Crippen molar-refractivity contribution >= 4 is 13.7 Å². The van der Waals surface area contributed by atoms with Crippen molar-refractivity contribution in [3.8, 4) is 0 Å². The Labute approximate surface area is 422 Å². The summed E-state index contributed by atoms with van der Waals surface area (Å²) in [6.45, 7) is 4.77. The molecule has 68 heavy (non-hydrogen) atoms. The van der Waals surface area contributed by atoms with Crippen LogP contribution < -0.4 is 5.32 Å². The summed E-state index contributed by atoms with van der Waals surface area (Å²) in [6, 6.07) is -0.874. The number of unbranched alkanes of at least 4 members (excludes halogenated alkanes) is 31. The molecule has 8 nitrogen and oxygen atoms in total. The fraction of sp³-hybridized carbons (Fsp3) is 0.814. The maximum absolute atomic E-state index is 13.0. The lowest BCUT2D eigenvalue weighted by molar-refractivity contribution is -0.870. The third-order valence-corrected chi connectivity index (χ3v) is 13.7. The molecule has 0 bridgehead atoms. The molecule has 0 aromatic rings. The number of phosphoric acid groups is 1. The largest absolute Gasteiger partial charge is 0.472 e. The first-order chi connectivity index (χ1) is 33.0. The van der Waals surface area contributed by atoms with E-state index < -0.39 is 20.0 Å². The van der Waals surface area contributed by atoms with E-state index in [4.69, 9.17) is 9.05 Å². The molecular formula is C59H112N2O6P+. The first-order valence-corrected chi connectivity index (χ1v) is 30.2. The Bertz CT molecular complexity index is 1290. The molecule has 3 unspecified atom stereocenters. The predicted molar refractivity (Wildman–Crippen MR) is 295 cm³/mol. The molecule has 0 saturated heterocycles. The average molecular weight is 977 g/mol. The van der Waals surface area contributed by atoms with E-state index in [0.717, 1.165) is 64.2 Å². The van der Waals surface area contributed by atoms with Crippen LogP contribution in [0.3, 0.4) is 0 Å². The van der Waals surface area contributed by atoms with Gasteiger partial charge in [0.1, 0.15) is 13.2 Å². The SMILES string of the molecule is CCCCC/C=C\C/C=C\C/C=C\CCCCCCCCC(=O)NC(COP(=O)(O)OCC[N+](C)(C)C)C(O)/C=C/CC/C=C/CCCCCCCCCCCCCCCCCCCCCCC. The van der Waals surface area contributed by atoms with E-state index in [1.54, 1.807) is 6.08 Å². The standard InChI is InChI=1S/C59H111N2O6P/c1-6-8-10-12-14-16-18-20-22-24-26-27-28-29-30-31-32-33-35-36-38-40-42-44-46-48-50-52-58(62)57(56-67-68(64,65)66-55-54-61(3,4)5)60-59(63)53-51-49-47-45-43-41-39-37-34-25-23-21-19-17-15-13-11-9-7-2/h15,17,21,23,34,37,42,44,50,52,57-58,62H,6-14,16,18-20,22,24-33,35-36,38-41,43,45-49,51,53-56H2,1-5H3,(H-,60,63,64,65)/p+1/b17-15-,23-21-,37-34-,44-42+,52-50+. The lowest BCUT2D eigenvalue weighted by atomic mass is 10.0. The Hall–Kier alpha value is -1.80. The van der Waals surface area contributed by atoms with Crippen LogP contribution in [0.15, 0.2) is 60.8 Å². The van der Waals surface area contributed by atoms with Gasteiger partial charge in [-0.1, -0.05) is 242 Å². The lowest BCUT2D eigenvalue weighted by Crippen LogP contribution is -2.45. The zero-order valence-corrected chi connectivity index (χ0v) is 46.2. The Balaban J connectivity index is 4.27. The molecule has 0 spiro atoms. The van der Waals surface area contributed by atoms with Crippen LogP contribution in [0.2, 0.25) is 0 Å². The highest BCUT2D eigenvalue weighted by Crippen LogP contribution is 2.43. The van der Waals surface area contributed by atoms with Gasteiger partial charge in [-0.05, 0) is 70.6 Å². The average Bonchev–Trinajstić information content (AvgIpc) is 3.30. The van der Waals surface area contributed by atoms with Crippen molar-refractivity contribution in [2.45, 2.75) is 270 Å². The van der Waals surface area contributed by atoms with E-state index >= 15 is 0 Å². The molecule has 0 radical (unpaired) electrons. The number of carbonyl (C=O) groups is 1. The minimum absolute atomic E-state index is 0.0513. The maximum Gasteiger partial charge on any atom is 0.472 e. The van der Waals surface area contributed by atoms with Gasteiger partial charge in [-0.15, -0.1) is 0 Å².